The molecule has 0 amide bonds. The second kappa shape index (κ2) is 14.3. The van der Waals surface area contributed by atoms with Gasteiger partial charge in [0.25, 0.3) is 0 Å². The molecule has 0 saturated carbocycles. The zero-order valence-corrected chi connectivity index (χ0v) is 37.3. The summed E-state index contributed by atoms with van der Waals surface area (Å²) in [5.74, 6) is 0. The van der Waals surface area contributed by atoms with Gasteiger partial charge in [-0.05, 0) is 138 Å². The lowest BCUT2D eigenvalue weighted by Crippen LogP contribution is -2.15. The van der Waals surface area contributed by atoms with E-state index in [4.69, 9.17) is 0 Å². The van der Waals surface area contributed by atoms with Crippen LogP contribution in [0.5, 0.6) is 0 Å². The first-order chi connectivity index (χ1) is 33.0. The van der Waals surface area contributed by atoms with E-state index in [9.17, 15) is 0 Å². The lowest BCUT2D eigenvalue weighted by Gasteiger charge is -2.23. The summed E-state index contributed by atoms with van der Waals surface area (Å²) < 4.78 is 4.88. The monoisotopic (exact) mass is 852 g/mol. The van der Waals surface area contributed by atoms with E-state index >= 15 is 0 Å². The van der Waals surface area contributed by atoms with Crippen LogP contribution in [0.25, 0.3) is 121 Å². The maximum Gasteiger partial charge on any atom is 0.0547 e. The van der Waals surface area contributed by atoms with Crippen molar-refractivity contribution in [1.82, 2.24) is 9.13 Å². The van der Waals surface area contributed by atoms with Gasteiger partial charge in [0, 0.05) is 38.3 Å². The summed E-state index contributed by atoms with van der Waals surface area (Å²) in [6.07, 6.45) is 0. The van der Waals surface area contributed by atoms with Crippen molar-refractivity contribution in [3.8, 4) is 55.9 Å². The summed E-state index contributed by atoms with van der Waals surface area (Å²) >= 11 is 0. The van der Waals surface area contributed by atoms with Crippen molar-refractivity contribution >= 4 is 65.2 Å². The molecule has 0 spiro atoms. The van der Waals surface area contributed by atoms with E-state index in [0.717, 1.165) is 0 Å². The van der Waals surface area contributed by atoms with Gasteiger partial charge in [-0.15, -0.1) is 0 Å². The molecule has 1 aliphatic rings. The van der Waals surface area contributed by atoms with Crippen LogP contribution in [-0.2, 0) is 5.41 Å². The second-order valence-corrected chi connectivity index (χ2v) is 18.8. The van der Waals surface area contributed by atoms with Gasteiger partial charge in [-0.25, -0.2) is 0 Å². The molecule has 0 radical (unpaired) electrons. The lowest BCUT2D eigenvalue weighted by atomic mass is 9.80. The smallest absolute Gasteiger partial charge is 0.0547 e. The van der Waals surface area contributed by atoms with Gasteiger partial charge in [0.15, 0.2) is 0 Å². The standard InChI is InChI=1S/C65H44N2/c1-65(2)57-38-44(64-54-25-11-9-23-52(54)63(41-17-5-3-6-18-41)53-24-10-12-26-55(53)64)30-33-47(57)48-35-32-46(40-58(48)65)67-59-27-15-13-21-49(59)51-34-29-43(39-62(51)67)42-31-36-61-56(37-42)50-22-14-16-28-60(50)66(61)45-19-7-4-8-20-45/h3-40H,1-2H3. The van der Waals surface area contributed by atoms with Crippen molar-refractivity contribution in [3.05, 3.63) is 242 Å². The Morgan fingerprint density at radius 2 is 0.716 bits per heavy atom. The second-order valence-electron chi connectivity index (χ2n) is 18.8. The summed E-state index contributed by atoms with van der Waals surface area (Å²) in [5.41, 5.74) is 19.8. The molecule has 2 heteroatoms. The number of fused-ring (bicyclic) bond motifs is 11. The third-order valence-electron chi connectivity index (χ3n) is 14.9. The van der Waals surface area contributed by atoms with Gasteiger partial charge >= 0.3 is 0 Å². The highest BCUT2D eigenvalue weighted by Crippen LogP contribution is 2.52. The van der Waals surface area contributed by atoms with Crippen LogP contribution in [-0.4, -0.2) is 9.13 Å². The normalized spacial score (nSPS) is 13.0. The van der Waals surface area contributed by atoms with Crippen LogP contribution >= 0.6 is 0 Å². The third kappa shape index (κ3) is 5.51. The molecule has 0 atom stereocenters. The van der Waals surface area contributed by atoms with E-state index in [1.165, 1.54) is 132 Å². The average Bonchev–Trinajstić information content (AvgIpc) is 3.97. The van der Waals surface area contributed by atoms with Gasteiger partial charge in [-0.3, -0.25) is 0 Å². The van der Waals surface area contributed by atoms with Crippen molar-refractivity contribution in [2.24, 2.45) is 0 Å². The minimum atomic E-state index is -0.232. The number of hydrogen-bond donors (Lipinski definition) is 0. The molecule has 67 heavy (non-hydrogen) atoms. The fourth-order valence-electron chi connectivity index (χ4n) is 11.8. The molecule has 0 fully saturated rings. The molecule has 2 heterocycles. The first kappa shape index (κ1) is 37.9. The quantitative estimate of drug-likeness (QED) is 0.153. The van der Waals surface area contributed by atoms with Crippen LogP contribution < -0.4 is 0 Å². The minimum absolute atomic E-state index is 0.232. The number of benzene rings is 11. The summed E-state index contributed by atoms with van der Waals surface area (Å²) in [6, 6.07) is 85.6. The highest BCUT2D eigenvalue weighted by molar-refractivity contribution is 6.21. The first-order valence-electron chi connectivity index (χ1n) is 23.4. The average molecular weight is 853 g/mol. The van der Waals surface area contributed by atoms with Crippen molar-refractivity contribution < 1.29 is 0 Å². The predicted octanol–water partition coefficient (Wildman–Crippen LogP) is 17.5. The van der Waals surface area contributed by atoms with Gasteiger partial charge in [-0.1, -0.05) is 184 Å². The van der Waals surface area contributed by atoms with E-state index in [1.54, 1.807) is 0 Å². The maximum absolute atomic E-state index is 2.49. The molecule has 2 nitrogen and oxygen atoms in total. The Kier molecular flexibility index (Phi) is 8.06. The molecule has 1 aliphatic carbocycles. The SMILES string of the molecule is CC1(C)c2cc(-c3c4ccccc4c(-c4ccccc4)c4ccccc34)ccc2-c2ccc(-n3c4ccccc4c4ccc(-c5ccc6c(c5)c5ccccc5n6-c5ccccc5)cc43)cc21. The highest BCUT2D eigenvalue weighted by atomic mass is 15.0. The predicted molar refractivity (Wildman–Crippen MR) is 284 cm³/mol. The number of aromatic nitrogens is 2. The van der Waals surface area contributed by atoms with Crippen molar-refractivity contribution in [2.45, 2.75) is 19.3 Å². The molecule has 0 bridgehead atoms. The summed E-state index contributed by atoms with van der Waals surface area (Å²) in [6.45, 7) is 4.82. The van der Waals surface area contributed by atoms with Gasteiger partial charge in [0.05, 0.1) is 22.1 Å². The van der Waals surface area contributed by atoms with Crippen LogP contribution in [0.15, 0.2) is 231 Å². The largest absolute Gasteiger partial charge is 0.309 e. The van der Waals surface area contributed by atoms with Crippen molar-refractivity contribution in [2.75, 3.05) is 0 Å². The van der Waals surface area contributed by atoms with Crippen LogP contribution in [0.1, 0.15) is 25.0 Å². The van der Waals surface area contributed by atoms with E-state index < -0.39 is 0 Å². The Balaban J connectivity index is 0.906. The first-order valence-corrected chi connectivity index (χ1v) is 23.4. The molecule has 2 aromatic heterocycles. The molecule has 11 aromatic carbocycles. The Morgan fingerprint density at radius 1 is 0.269 bits per heavy atom. The van der Waals surface area contributed by atoms with E-state index in [1.807, 2.05) is 0 Å². The molecular formula is C65H44N2. The zero-order valence-electron chi connectivity index (χ0n) is 37.3. The molecule has 14 rings (SSSR count). The molecule has 13 aromatic rings. The van der Waals surface area contributed by atoms with Crippen LogP contribution in [0.3, 0.4) is 0 Å². The maximum atomic E-state index is 2.49. The lowest BCUT2D eigenvalue weighted by molar-refractivity contribution is 0.660. The van der Waals surface area contributed by atoms with Gasteiger partial charge in [-0.2, -0.15) is 0 Å². The molecular weight excluding hydrogens is 809 g/mol. The van der Waals surface area contributed by atoms with Gasteiger partial charge in [0.2, 0.25) is 0 Å². The molecule has 314 valence electrons. The number of hydrogen-bond acceptors (Lipinski definition) is 0. The summed E-state index contributed by atoms with van der Waals surface area (Å²) in [4.78, 5) is 0. The van der Waals surface area contributed by atoms with Crippen molar-refractivity contribution in [1.29, 1.82) is 0 Å². The number of para-hydroxylation sites is 3. The van der Waals surface area contributed by atoms with Crippen LogP contribution in [0, 0.1) is 0 Å². The van der Waals surface area contributed by atoms with Crippen LogP contribution in [0.4, 0.5) is 0 Å². The third-order valence-corrected chi connectivity index (χ3v) is 14.9. The van der Waals surface area contributed by atoms with E-state index in [2.05, 4.69) is 254 Å². The Morgan fingerprint density at radius 3 is 1.37 bits per heavy atom. The minimum Gasteiger partial charge on any atom is -0.309 e. The Labute approximate surface area is 389 Å². The summed E-state index contributed by atoms with van der Waals surface area (Å²) in [7, 11) is 0. The molecule has 0 N–H and O–H groups in total. The fourth-order valence-corrected chi connectivity index (χ4v) is 11.8. The number of nitrogens with zero attached hydrogens (tertiary/aromatic N) is 2. The molecule has 0 aliphatic heterocycles. The van der Waals surface area contributed by atoms with Gasteiger partial charge in [0.1, 0.15) is 0 Å². The molecule has 0 saturated heterocycles. The zero-order chi connectivity index (χ0) is 44.4. The van der Waals surface area contributed by atoms with Crippen LogP contribution in [0.2, 0.25) is 0 Å². The Bertz CT molecular complexity index is 4110. The molecule has 0 unspecified atom stereocenters. The number of rotatable bonds is 5. The summed E-state index contributed by atoms with van der Waals surface area (Å²) in [5, 5.41) is 10.1. The van der Waals surface area contributed by atoms with Gasteiger partial charge < -0.3 is 9.13 Å². The van der Waals surface area contributed by atoms with E-state index in [-0.39, 0.29) is 5.41 Å². The van der Waals surface area contributed by atoms with Crippen molar-refractivity contribution in [3.63, 3.8) is 0 Å². The van der Waals surface area contributed by atoms with E-state index in [0.29, 0.717) is 0 Å². The Hall–Kier alpha value is -8.46. The highest BCUT2D eigenvalue weighted by Gasteiger charge is 2.36. The topological polar surface area (TPSA) is 9.86 Å². The fraction of sp³-hybridized carbons (Fsp3) is 0.0462.